The third kappa shape index (κ3) is 4.79. The molecule has 140 valence electrons. The van der Waals surface area contributed by atoms with Crippen LogP contribution in [0.1, 0.15) is 24.8 Å². The highest BCUT2D eigenvalue weighted by Gasteiger charge is 2.57. The molecule has 0 aromatic heterocycles. The molecule has 1 aromatic rings. The van der Waals surface area contributed by atoms with Gasteiger partial charge >= 0.3 is 6.18 Å². The highest BCUT2D eigenvalue weighted by molar-refractivity contribution is 5.96. The van der Waals surface area contributed by atoms with E-state index < -0.39 is 12.8 Å². The molecular formula is C17H22ClF3N2O2. The lowest BCUT2D eigenvalue weighted by Gasteiger charge is -2.23. The van der Waals surface area contributed by atoms with Gasteiger partial charge in [-0.3, -0.25) is 4.79 Å². The van der Waals surface area contributed by atoms with Gasteiger partial charge in [0.25, 0.3) is 0 Å². The molecule has 1 unspecified atom stereocenters. The molecular weight excluding hydrogens is 357 g/mol. The molecule has 8 heteroatoms. The molecule has 2 N–H and O–H groups in total. The number of amides is 1. The maximum absolute atomic E-state index is 12.5. The van der Waals surface area contributed by atoms with Crippen molar-refractivity contribution in [2.45, 2.75) is 32.4 Å². The summed E-state index contributed by atoms with van der Waals surface area (Å²) in [6.07, 6.45) is -1.63. The van der Waals surface area contributed by atoms with Crippen molar-refractivity contribution < 1.29 is 22.7 Å². The molecule has 1 atom stereocenters. The number of hydrogen-bond donors (Lipinski definition) is 2. The van der Waals surface area contributed by atoms with Crippen LogP contribution in [0.25, 0.3) is 0 Å². The van der Waals surface area contributed by atoms with Crippen LogP contribution in [-0.2, 0) is 4.79 Å². The Balaban J connectivity index is 0.00000225. The molecule has 2 aliphatic rings. The van der Waals surface area contributed by atoms with Crippen LogP contribution < -0.4 is 15.4 Å². The molecule has 4 nitrogen and oxygen atoms in total. The maximum atomic E-state index is 12.5. The van der Waals surface area contributed by atoms with Gasteiger partial charge in [-0.25, -0.2) is 0 Å². The molecule has 3 rings (SSSR count). The van der Waals surface area contributed by atoms with Gasteiger partial charge in [-0.2, -0.15) is 13.2 Å². The zero-order valence-corrected chi connectivity index (χ0v) is 14.7. The van der Waals surface area contributed by atoms with Crippen LogP contribution in [0.15, 0.2) is 18.2 Å². The highest BCUT2D eigenvalue weighted by Crippen LogP contribution is 2.58. The van der Waals surface area contributed by atoms with Crippen LogP contribution in [0, 0.1) is 18.3 Å². The summed E-state index contributed by atoms with van der Waals surface area (Å²) in [6, 6.07) is 4.84. The lowest BCUT2D eigenvalue weighted by atomic mass is 9.92. The van der Waals surface area contributed by atoms with Crippen molar-refractivity contribution >= 4 is 24.0 Å². The van der Waals surface area contributed by atoms with E-state index in [-0.39, 0.29) is 35.4 Å². The lowest BCUT2D eigenvalue weighted by Crippen LogP contribution is -2.31. The topological polar surface area (TPSA) is 50.4 Å². The minimum absolute atomic E-state index is 0. The van der Waals surface area contributed by atoms with Gasteiger partial charge in [0.05, 0.1) is 5.69 Å². The van der Waals surface area contributed by atoms with E-state index in [1.165, 1.54) is 6.07 Å². The first kappa shape index (κ1) is 19.8. The monoisotopic (exact) mass is 378 g/mol. The van der Waals surface area contributed by atoms with Crippen LogP contribution >= 0.6 is 12.4 Å². The maximum Gasteiger partial charge on any atom is 0.422 e. The van der Waals surface area contributed by atoms with Crippen molar-refractivity contribution in [3.05, 3.63) is 23.8 Å². The summed E-state index contributed by atoms with van der Waals surface area (Å²) in [6.45, 7) is 2.21. The number of aryl methyl sites for hydroxylation is 1. The number of hydrogen-bond acceptors (Lipinski definition) is 3. The SMILES string of the molecule is Cc1ccc(NC(=O)C2CC23CCNCC3)c(OCC(F)(F)F)c1.Cl. The van der Waals surface area contributed by atoms with E-state index in [0.29, 0.717) is 5.69 Å². The minimum atomic E-state index is -4.42. The molecule has 1 spiro atoms. The molecule has 0 bridgehead atoms. The standard InChI is InChI=1S/C17H21F3N2O2.ClH/c1-11-2-3-13(14(8-11)24-10-17(18,19)20)22-15(23)12-9-16(12)4-6-21-7-5-16;/h2-3,8,12,21H,4-7,9-10H2,1H3,(H,22,23);1H. The second kappa shape index (κ2) is 7.41. The summed E-state index contributed by atoms with van der Waals surface area (Å²) in [7, 11) is 0. The molecule has 1 heterocycles. The average Bonchev–Trinajstić information content (AvgIpc) is 3.20. The van der Waals surface area contributed by atoms with Gasteiger partial charge in [-0.05, 0) is 62.4 Å². The molecule has 1 aliphatic carbocycles. The van der Waals surface area contributed by atoms with Crippen LogP contribution in [0.4, 0.5) is 18.9 Å². The Labute approximate surface area is 150 Å². The molecule has 2 fully saturated rings. The number of alkyl halides is 3. The van der Waals surface area contributed by atoms with Crippen LogP contribution in [0.3, 0.4) is 0 Å². The summed E-state index contributed by atoms with van der Waals surface area (Å²) in [5, 5.41) is 6.03. The van der Waals surface area contributed by atoms with Gasteiger partial charge in [-0.15, -0.1) is 12.4 Å². The molecule has 1 aromatic carbocycles. The summed E-state index contributed by atoms with van der Waals surface area (Å²) in [5.74, 6) is -0.130. The van der Waals surface area contributed by atoms with Crippen molar-refractivity contribution in [3.63, 3.8) is 0 Å². The number of benzene rings is 1. The van der Waals surface area contributed by atoms with Gasteiger partial charge in [0, 0.05) is 5.92 Å². The van der Waals surface area contributed by atoms with Crippen LogP contribution in [0.5, 0.6) is 5.75 Å². The van der Waals surface area contributed by atoms with E-state index in [4.69, 9.17) is 4.74 Å². The Morgan fingerprint density at radius 3 is 2.68 bits per heavy atom. The van der Waals surface area contributed by atoms with Gasteiger partial charge in [0.2, 0.25) is 5.91 Å². The first-order chi connectivity index (χ1) is 11.3. The fourth-order valence-corrected chi connectivity index (χ4v) is 3.43. The van der Waals surface area contributed by atoms with E-state index in [1.54, 1.807) is 19.1 Å². The van der Waals surface area contributed by atoms with Crippen molar-refractivity contribution in [2.75, 3.05) is 25.0 Å². The van der Waals surface area contributed by atoms with Gasteiger partial charge in [-0.1, -0.05) is 6.07 Å². The Bertz CT molecular complexity index is 631. The zero-order chi connectivity index (χ0) is 17.4. The third-order valence-electron chi connectivity index (χ3n) is 4.89. The van der Waals surface area contributed by atoms with E-state index in [9.17, 15) is 18.0 Å². The summed E-state index contributed by atoms with van der Waals surface area (Å²) >= 11 is 0. The first-order valence-electron chi connectivity index (χ1n) is 8.11. The molecule has 1 saturated heterocycles. The van der Waals surface area contributed by atoms with Crippen molar-refractivity contribution in [1.82, 2.24) is 5.32 Å². The highest BCUT2D eigenvalue weighted by atomic mass is 35.5. The number of halogens is 4. The van der Waals surface area contributed by atoms with Gasteiger partial charge < -0.3 is 15.4 Å². The number of piperidine rings is 1. The molecule has 25 heavy (non-hydrogen) atoms. The second-order valence-corrected chi connectivity index (χ2v) is 6.76. The van der Waals surface area contributed by atoms with Crippen LogP contribution in [-0.4, -0.2) is 31.8 Å². The largest absolute Gasteiger partial charge is 0.482 e. The quantitative estimate of drug-likeness (QED) is 0.840. The van der Waals surface area contributed by atoms with Gasteiger partial charge in [0.15, 0.2) is 6.61 Å². The molecule has 1 amide bonds. The molecule has 1 saturated carbocycles. The summed E-state index contributed by atoms with van der Waals surface area (Å²) in [4.78, 5) is 12.5. The first-order valence-corrected chi connectivity index (χ1v) is 8.11. The number of nitrogens with one attached hydrogen (secondary N) is 2. The number of carbonyl (C=O) groups is 1. The zero-order valence-electron chi connectivity index (χ0n) is 13.9. The summed E-state index contributed by atoms with van der Waals surface area (Å²) in [5.41, 5.74) is 1.14. The van der Waals surface area contributed by atoms with E-state index in [2.05, 4.69) is 10.6 Å². The Kier molecular flexibility index (Phi) is 5.89. The van der Waals surface area contributed by atoms with Crippen molar-refractivity contribution in [1.29, 1.82) is 0 Å². The van der Waals surface area contributed by atoms with E-state index in [1.807, 2.05) is 0 Å². The molecule has 0 radical (unpaired) electrons. The van der Waals surface area contributed by atoms with E-state index >= 15 is 0 Å². The Hall–Kier alpha value is -1.47. The van der Waals surface area contributed by atoms with Gasteiger partial charge in [0.1, 0.15) is 5.75 Å². The van der Waals surface area contributed by atoms with Crippen LogP contribution in [0.2, 0.25) is 0 Å². The van der Waals surface area contributed by atoms with Crippen molar-refractivity contribution in [3.8, 4) is 5.75 Å². The Morgan fingerprint density at radius 1 is 1.36 bits per heavy atom. The fraction of sp³-hybridized carbons (Fsp3) is 0.588. The molecule has 1 aliphatic heterocycles. The third-order valence-corrected chi connectivity index (χ3v) is 4.89. The van der Waals surface area contributed by atoms with E-state index in [0.717, 1.165) is 37.9 Å². The summed E-state index contributed by atoms with van der Waals surface area (Å²) < 4.78 is 42.1. The normalized spacial score (nSPS) is 21.4. The average molecular weight is 379 g/mol. The second-order valence-electron chi connectivity index (χ2n) is 6.76. The number of rotatable bonds is 4. The predicted molar refractivity (Wildman–Crippen MR) is 91.3 cm³/mol. The van der Waals surface area contributed by atoms with Crippen molar-refractivity contribution in [2.24, 2.45) is 11.3 Å². The predicted octanol–water partition coefficient (Wildman–Crippen LogP) is 3.69. The smallest absolute Gasteiger partial charge is 0.422 e. The number of anilines is 1. The lowest BCUT2D eigenvalue weighted by molar-refractivity contribution is -0.153. The number of carbonyl (C=O) groups excluding carboxylic acids is 1. The minimum Gasteiger partial charge on any atom is -0.482 e. The number of ether oxygens (including phenoxy) is 1. The Morgan fingerprint density at radius 2 is 2.04 bits per heavy atom. The fourth-order valence-electron chi connectivity index (χ4n) is 3.43.